The molecule has 0 amide bonds. The van der Waals surface area contributed by atoms with Gasteiger partial charge in [-0.25, -0.2) is 4.57 Å². The Morgan fingerprint density at radius 1 is 0.615 bits per heavy atom. The minimum atomic E-state index is -4.30. The first-order chi connectivity index (χ1) is 25.3. The second-order valence-electron chi connectivity index (χ2n) is 14.5. The molecule has 0 rings (SSSR count). The van der Waals surface area contributed by atoms with Crippen molar-refractivity contribution in [3.05, 3.63) is 12.2 Å². The number of rotatable bonds is 41. The Labute approximate surface area is 319 Å². The van der Waals surface area contributed by atoms with Crippen LogP contribution in [0, 0.1) is 0 Å². The van der Waals surface area contributed by atoms with Crippen LogP contribution in [0.4, 0.5) is 0 Å². The van der Waals surface area contributed by atoms with E-state index in [1.807, 2.05) is 0 Å². The molecular weight excluding hydrogens is 681 g/mol. The molecule has 0 bridgehead atoms. The van der Waals surface area contributed by atoms with E-state index in [0.29, 0.717) is 25.9 Å². The molecule has 4 unspecified atom stereocenters. The van der Waals surface area contributed by atoms with Crippen molar-refractivity contribution in [2.24, 2.45) is 5.73 Å². The molecule has 0 aliphatic rings. The number of nitrogens with two attached hydrogens (primary N) is 1. The number of hydrogen-bond acceptors (Lipinski definition) is 9. The van der Waals surface area contributed by atoms with Crippen molar-refractivity contribution in [2.45, 2.75) is 212 Å². The number of ether oxygens (including phenoxy) is 2. The molecule has 5 N–H and O–H groups in total. The fourth-order valence-corrected chi connectivity index (χ4v) is 6.85. The third-order valence-corrected chi connectivity index (χ3v) is 10.4. The van der Waals surface area contributed by atoms with Gasteiger partial charge in [0.15, 0.2) is 0 Å². The van der Waals surface area contributed by atoms with Crippen molar-refractivity contribution < 1.29 is 43.0 Å². The van der Waals surface area contributed by atoms with Crippen molar-refractivity contribution >= 4 is 13.8 Å². The number of unbranched alkanes of at least 4 members (excludes halogenated alkanes) is 21. The smallest absolute Gasteiger partial charge is 0.457 e. The first-order valence-electron chi connectivity index (χ1n) is 21.4. The Morgan fingerprint density at radius 2 is 1.08 bits per heavy atom. The van der Waals surface area contributed by atoms with Crippen molar-refractivity contribution in [2.75, 3.05) is 33.0 Å². The van der Waals surface area contributed by atoms with Crippen LogP contribution in [0.1, 0.15) is 194 Å². The van der Waals surface area contributed by atoms with Gasteiger partial charge in [0.2, 0.25) is 0 Å². The third kappa shape index (κ3) is 36.2. The Kier molecular flexibility index (Phi) is 37.8. The molecule has 0 aromatic carbocycles. The van der Waals surface area contributed by atoms with E-state index in [1.165, 1.54) is 70.6 Å². The lowest BCUT2D eigenvalue weighted by atomic mass is 10.00. The summed E-state index contributed by atoms with van der Waals surface area (Å²) in [5.74, 6) is -0.382. The van der Waals surface area contributed by atoms with Gasteiger partial charge in [0.05, 0.1) is 32.0 Å². The van der Waals surface area contributed by atoms with E-state index in [4.69, 9.17) is 24.3 Å². The van der Waals surface area contributed by atoms with Gasteiger partial charge in [0, 0.05) is 19.6 Å². The summed E-state index contributed by atoms with van der Waals surface area (Å²) in [4.78, 5) is 22.5. The van der Waals surface area contributed by atoms with Crippen molar-refractivity contribution in [1.29, 1.82) is 0 Å². The fourth-order valence-electron chi connectivity index (χ4n) is 6.08. The van der Waals surface area contributed by atoms with E-state index in [1.54, 1.807) is 0 Å². The standard InChI is InChI=1S/C41H82NO9P/c1-3-5-7-9-10-11-12-13-14-15-16-17-18-22-25-29-34-48-36-38(37-50-52(46,47)49-35-33-42)51-41(45)32-28-24-21-19-20-23-27-31-40(44)39(43)30-26-8-6-4-2/h13-14,38-40,43-44H,3-12,15-37,42H2,1-2H3,(H,46,47)/b14-13-. The monoisotopic (exact) mass is 764 g/mol. The first kappa shape index (κ1) is 51.2. The minimum absolute atomic E-state index is 0.0816. The molecule has 0 fully saturated rings. The minimum Gasteiger partial charge on any atom is -0.457 e. The third-order valence-electron chi connectivity index (χ3n) is 9.38. The second kappa shape index (κ2) is 38.4. The number of esters is 1. The molecule has 0 aromatic rings. The van der Waals surface area contributed by atoms with Crippen LogP contribution in [0.2, 0.25) is 0 Å². The molecule has 0 radical (unpaired) electrons. The lowest BCUT2D eigenvalue weighted by Gasteiger charge is -2.20. The average molecular weight is 764 g/mol. The molecule has 11 heteroatoms. The zero-order chi connectivity index (χ0) is 38.4. The number of phosphoric acid groups is 1. The van der Waals surface area contributed by atoms with E-state index in [0.717, 1.165) is 83.5 Å². The molecule has 52 heavy (non-hydrogen) atoms. The molecule has 4 atom stereocenters. The van der Waals surface area contributed by atoms with Gasteiger partial charge in [-0.15, -0.1) is 0 Å². The molecule has 0 aromatic heterocycles. The summed E-state index contributed by atoms with van der Waals surface area (Å²) >= 11 is 0. The van der Waals surface area contributed by atoms with Crippen LogP contribution in [-0.4, -0.2) is 72.4 Å². The molecule has 0 spiro atoms. The van der Waals surface area contributed by atoms with Crippen molar-refractivity contribution in [1.82, 2.24) is 0 Å². The van der Waals surface area contributed by atoms with E-state index in [9.17, 15) is 24.5 Å². The first-order valence-corrected chi connectivity index (χ1v) is 22.9. The second-order valence-corrected chi connectivity index (χ2v) is 16.0. The predicted octanol–water partition coefficient (Wildman–Crippen LogP) is 10.2. The number of phosphoric ester groups is 1. The number of aliphatic hydroxyl groups is 2. The van der Waals surface area contributed by atoms with Crippen LogP contribution >= 0.6 is 7.82 Å². The van der Waals surface area contributed by atoms with Gasteiger partial charge < -0.3 is 30.3 Å². The Hall–Kier alpha value is -0.840. The van der Waals surface area contributed by atoms with Crippen LogP contribution in [0.5, 0.6) is 0 Å². The number of carbonyl (C=O) groups is 1. The molecule has 10 nitrogen and oxygen atoms in total. The average Bonchev–Trinajstić information content (AvgIpc) is 3.13. The van der Waals surface area contributed by atoms with Crippen LogP contribution in [0.3, 0.4) is 0 Å². The summed E-state index contributed by atoms with van der Waals surface area (Å²) in [5, 5.41) is 20.3. The topological polar surface area (TPSA) is 158 Å². The molecule has 310 valence electrons. The SMILES string of the molecule is CCCCCCCC/C=C\CCCCCCCCOCC(COP(=O)(O)OCCN)OC(=O)CCCCCCCCCC(O)C(O)CCCCCC. The van der Waals surface area contributed by atoms with Crippen LogP contribution < -0.4 is 5.73 Å². The maximum atomic E-state index is 12.6. The summed E-state index contributed by atoms with van der Waals surface area (Å²) in [5.41, 5.74) is 5.36. The fraction of sp³-hybridized carbons (Fsp3) is 0.927. The van der Waals surface area contributed by atoms with Gasteiger partial charge >= 0.3 is 13.8 Å². The van der Waals surface area contributed by atoms with E-state index >= 15 is 0 Å². The Bertz CT molecular complexity index is 847. The Morgan fingerprint density at radius 3 is 1.62 bits per heavy atom. The summed E-state index contributed by atoms with van der Waals surface area (Å²) in [6.07, 6.45) is 32.5. The molecule has 0 aliphatic heterocycles. The summed E-state index contributed by atoms with van der Waals surface area (Å²) in [6, 6.07) is 0. The van der Waals surface area contributed by atoms with Gasteiger partial charge in [-0.3, -0.25) is 13.8 Å². The maximum Gasteiger partial charge on any atom is 0.472 e. The predicted molar refractivity (Wildman–Crippen MR) is 213 cm³/mol. The van der Waals surface area contributed by atoms with Crippen LogP contribution in [0.25, 0.3) is 0 Å². The number of hydrogen-bond donors (Lipinski definition) is 4. The lowest BCUT2D eigenvalue weighted by molar-refractivity contribution is -0.154. The van der Waals surface area contributed by atoms with Crippen molar-refractivity contribution in [3.8, 4) is 0 Å². The largest absolute Gasteiger partial charge is 0.472 e. The zero-order valence-electron chi connectivity index (χ0n) is 33.5. The molecule has 0 saturated carbocycles. The van der Waals surface area contributed by atoms with Gasteiger partial charge in [-0.2, -0.15) is 0 Å². The molecule has 0 saturated heterocycles. The van der Waals surface area contributed by atoms with Gasteiger partial charge in [0.25, 0.3) is 0 Å². The quantitative estimate of drug-likeness (QED) is 0.0204. The summed E-state index contributed by atoms with van der Waals surface area (Å²) < 4.78 is 33.3. The van der Waals surface area contributed by atoms with E-state index < -0.39 is 26.1 Å². The molecule has 0 aliphatic carbocycles. The summed E-state index contributed by atoms with van der Waals surface area (Å²) in [7, 11) is -4.30. The maximum absolute atomic E-state index is 12.6. The van der Waals surface area contributed by atoms with Gasteiger partial charge in [-0.1, -0.05) is 148 Å². The zero-order valence-corrected chi connectivity index (χ0v) is 34.4. The van der Waals surface area contributed by atoms with Crippen LogP contribution in [-0.2, 0) is 27.9 Å². The molecule has 0 heterocycles. The highest BCUT2D eigenvalue weighted by molar-refractivity contribution is 7.47. The van der Waals surface area contributed by atoms with Crippen molar-refractivity contribution in [3.63, 3.8) is 0 Å². The summed E-state index contributed by atoms with van der Waals surface area (Å²) in [6.45, 7) is 4.68. The number of aliphatic hydroxyl groups excluding tert-OH is 2. The van der Waals surface area contributed by atoms with E-state index in [2.05, 4.69) is 26.0 Å². The highest BCUT2D eigenvalue weighted by Crippen LogP contribution is 2.43. The van der Waals surface area contributed by atoms with Gasteiger partial charge in [0.1, 0.15) is 6.10 Å². The van der Waals surface area contributed by atoms with Gasteiger partial charge in [-0.05, 0) is 51.4 Å². The molecular formula is C41H82NO9P. The normalized spacial score (nSPS) is 14.8. The number of allylic oxidation sites excluding steroid dienone is 2. The van der Waals surface area contributed by atoms with E-state index in [-0.39, 0.29) is 38.8 Å². The Balaban J connectivity index is 4.12. The van der Waals surface area contributed by atoms with Crippen LogP contribution in [0.15, 0.2) is 12.2 Å². The lowest BCUT2D eigenvalue weighted by Crippen LogP contribution is -2.28. The number of carbonyl (C=O) groups excluding carboxylic acids is 1. The highest BCUT2D eigenvalue weighted by atomic mass is 31.2. The highest BCUT2D eigenvalue weighted by Gasteiger charge is 2.25.